The summed E-state index contributed by atoms with van der Waals surface area (Å²) in [5.74, 6) is -2.52. The zero-order valence-electron chi connectivity index (χ0n) is 12.0. The Balaban J connectivity index is 0. The van der Waals surface area contributed by atoms with E-state index in [1.807, 2.05) is 20.8 Å². The lowest BCUT2D eigenvalue weighted by Crippen LogP contribution is -2.20. The van der Waals surface area contributed by atoms with Crippen LogP contribution in [0.1, 0.15) is 61.3 Å². The molecule has 0 rings (SSSR count). The molecule has 0 aliphatic rings. The molecule has 0 aromatic rings. The fourth-order valence-electron chi connectivity index (χ4n) is 1.39. The minimum atomic E-state index is -2.52. The van der Waals surface area contributed by atoms with Crippen molar-refractivity contribution in [1.29, 1.82) is 0 Å². The van der Waals surface area contributed by atoms with Crippen molar-refractivity contribution in [3.05, 3.63) is 0 Å². The van der Waals surface area contributed by atoms with Gasteiger partial charge in [-0.1, -0.05) is 41.5 Å². The zero-order chi connectivity index (χ0) is 14.5. The lowest BCUT2D eigenvalue weighted by Gasteiger charge is -2.22. The molecule has 0 fully saturated rings. The second-order valence-electron chi connectivity index (χ2n) is 6.96. The minimum absolute atomic E-state index is 0.00694. The minimum Gasteiger partial charge on any atom is -0.211 e. The third kappa shape index (κ3) is 25.7. The van der Waals surface area contributed by atoms with Gasteiger partial charge in [0.25, 0.3) is 0 Å². The second-order valence-corrected chi connectivity index (χ2v) is 6.96. The van der Waals surface area contributed by atoms with E-state index in [9.17, 15) is 17.6 Å². The molecular weight excluding hydrogens is 232 g/mol. The van der Waals surface area contributed by atoms with Gasteiger partial charge in [-0.3, -0.25) is 0 Å². The molecule has 0 amide bonds. The highest BCUT2D eigenvalue weighted by molar-refractivity contribution is 4.70. The van der Waals surface area contributed by atoms with E-state index in [0.29, 0.717) is 0 Å². The quantitative estimate of drug-likeness (QED) is 0.552. The Morgan fingerprint density at radius 3 is 1.12 bits per heavy atom. The number of hydrogen-bond acceptors (Lipinski definition) is 0. The van der Waals surface area contributed by atoms with Gasteiger partial charge >= 0.3 is 0 Å². The molecule has 0 saturated carbocycles. The van der Waals surface area contributed by atoms with Crippen LogP contribution >= 0.6 is 0 Å². The molecule has 0 aromatic carbocycles. The molecule has 0 aliphatic carbocycles. The van der Waals surface area contributed by atoms with E-state index in [1.165, 1.54) is 0 Å². The van der Waals surface area contributed by atoms with Crippen LogP contribution in [0.4, 0.5) is 17.6 Å². The number of rotatable bonds is 2. The largest absolute Gasteiger partial charge is 0.245 e. The van der Waals surface area contributed by atoms with Crippen LogP contribution in [0, 0.1) is 10.8 Å². The summed E-state index contributed by atoms with van der Waals surface area (Å²) >= 11 is 0. The van der Waals surface area contributed by atoms with Crippen molar-refractivity contribution >= 4 is 0 Å². The molecule has 106 valence electrons. The van der Waals surface area contributed by atoms with Gasteiger partial charge in [0.15, 0.2) is 0 Å². The van der Waals surface area contributed by atoms with E-state index in [1.54, 1.807) is 20.8 Å². The first-order valence-electron chi connectivity index (χ1n) is 5.78. The summed E-state index contributed by atoms with van der Waals surface area (Å²) in [7, 11) is 0. The lowest BCUT2D eigenvalue weighted by molar-refractivity contribution is -0.0168. The van der Waals surface area contributed by atoms with Gasteiger partial charge in [0, 0.05) is 12.8 Å². The molecule has 0 aliphatic heterocycles. The van der Waals surface area contributed by atoms with E-state index in [0.717, 1.165) is 6.92 Å². The van der Waals surface area contributed by atoms with Crippen LogP contribution in [0.2, 0.25) is 0 Å². The van der Waals surface area contributed by atoms with Gasteiger partial charge < -0.3 is 0 Å². The fourth-order valence-corrected chi connectivity index (χ4v) is 1.39. The summed E-state index contributed by atoms with van der Waals surface area (Å²) in [4.78, 5) is 0. The van der Waals surface area contributed by atoms with Gasteiger partial charge in [-0.25, -0.2) is 17.6 Å². The van der Waals surface area contributed by atoms with Crippen molar-refractivity contribution in [3.63, 3.8) is 0 Å². The number of halogens is 4. The van der Waals surface area contributed by atoms with Crippen LogP contribution in [-0.2, 0) is 0 Å². The van der Waals surface area contributed by atoms with Crippen molar-refractivity contribution in [2.45, 2.75) is 73.7 Å². The molecule has 0 nitrogen and oxygen atoms in total. The topological polar surface area (TPSA) is 0 Å². The summed E-state index contributed by atoms with van der Waals surface area (Å²) in [5, 5.41) is 0. The Labute approximate surface area is 103 Å². The van der Waals surface area contributed by atoms with E-state index >= 15 is 0 Å². The SMILES string of the molecule is CC(C)(C)CC(C)(F)F.CC(C)(C)CC(F)F. The van der Waals surface area contributed by atoms with Crippen LogP contribution in [-0.4, -0.2) is 12.3 Å². The lowest BCUT2D eigenvalue weighted by atomic mass is 9.89. The predicted molar refractivity (Wildman–Crippen MR) is 64.8 cm³/mol. The molecule has 0 aromatic heterocycles. The van der Waals surface area contributed by atoms with Crippen molar-refractivity contribution in [2.24, 2.45) is 10.8 Å². The van der Waals surface area contributed by atoms with Gasteiger partial charge in [0.2, 0.25) is 12.3 Å². The Morgan fingerprint density at radius 1 is 0.765 bits per heavy atom. The molecule has 0 unspecified atom stereocenters. The Bertz CT molecular complexity index is 179. The van der Waals surface area contributed by atoms with Crippen LogP contribution in [0.15, 0.2) is 0 Å². The monoisotopic (exact) mass is 258 g/mol. The molecule has 0 bridgehead atoms. The first-order chi connectivity index (χ1) is 7.12. The molecule has 0 N–H and O–H groups in total. The highest BCUT2D eigenvalue weighted by Gasteiger charge is 2.28. The first kappa shape index (κ1) is 19.1. The van der Waals surface area contributed by atoms with E-state index in [4.69, 9.17) is 0 Å². The van der Waals surface area contributed by atoms with E-state index < -0.39 is 12.3 Å². The van der Waals surface area contributed by atoms with Gasteiger partial charge in [-0.05, 0) is 17.8 Å². The first-order valence-corrected chi connectivity index (χ1v) is 5.78. The molecule has 0 radical (unpaired) electrons. The van der Waals surface area contributed by atoms with Crippen LogP contribution in [0.3, 0.4) is 0 Å². The van der Waals surface area contributed by atoms with E-state index in [-0.39, 0.29) is 23.7 Å². The molecule has 4 heteroatoms. The van der Waals surface area contributed by atoms with Gasteiger partial charge in [-0.15, -0.1) is 0 Å². The maximum Gasteiger partial charge on any atom is 0.245 e. The standard InChI is InChI=1S/C7H14F2.C6H12F2/c1-6(2,3)5-7(4,8)9;1-6(2,3)4-5(7)8/h5H2,1-4H3;5H,4H2,1-3H3. The molecular formula is C13H26F4. The van der Waals surface area contributed by atoms with Crippen molar-refractivity contribution in [1.82, 2.24) is 0 Å². The third-order valence-electron chi connectivity index (χ3n) is 1.61. The van der Waals surface area contributed by atoms with E-state index in [2.05, 4.69) is 0 Å². The van der Waals surface area contributed by atoms with Crippen molar-refractivity contribution < 1.29 is 17.6 Å². The molecule has 17 heavy (non-hydrogen) atoms. The normalized spacial score (nSPS) is 13.4. The maximum atomic E-state index is 12.2. The van der Waals surface area contributed by atoms with Crippen LogP contribution in [0.5, 0.6) is 0 Å². The third-order valence-corrected chi connectivity index (χ3v) is 1.61. The molecule has 0 atom stereocenters. The fraction of sp³-hybridized carbons (Fsp3) is 1.00. The summed E-state index contributed by atoms with van der Waals surface area (Å²) in [6.07, 6.45) is -2.21. The van der Waals surface area contributed by atoms with Gasteiger partial charge in [0.05, 0.1) is 0 Å². The highest BCUT2D eigenvalue weighted by Crippen LogP contribution is 2.30. The van der Waals surface area contributed by atoms with Gasteiger partial charge in [0.1, 0.15) is 0 Å². The summed E-state index contributed by atoms with van der Waals surface area (Å²) < 4.78 is 47.5. The second kappa shape index (κ2) is 6.60. The summed E-state index contributed by atoms with van der Waals surface area (Å²) in [6.45, 7) is 11.8. The molecule has 0 spiro atoms. The number of hydrogen-bond donors (Lipinski definition) is 0. The summed E-state index contributed by atoms with van der Waals surface area (Å²) in [5.41, 5.74) is -0.494. The zero-order valence-corrected chi connectivity index (χ0v) is 12.0. The van der Waals surface area contributed by atoms with Crippen LogP contribution in [0.25, 0.3) is 0 Å². The molecule has 0 saturated heterocycles. The average Bonchev–Trinajstić information content (AvgIpc) is 1.68. The van der Waals surface area contributed by atoms with Crippen LogP contribution < -0.4 is 0 Å². The number of alkyl halides is 4. The Morgan fingerprint density at radius 2 is 1.12 bits per heavy atom. The highest BCUT2D eigenvalue weighted by atomic mass is 19.3. The summed E-state index contributed by atoms with van der Waals surface area (Å²) in [6, 6.07) is 0. The van der Waals surface area contributed by atoms with Crippen molar-refractivity contribution in [3.8, 4) is 0 Å². The smallest absolute Gasteiger partial charge is 0.211 e. The average molecular weight is 258 g/mol. The Kier molecular flexibility index (Phi) is 7.40. The van der Waals surface area contributed by atoms with Crippen molar-refractivity contribution in [2.75, 3.05) is 0 Å². The van der Waals surface area contributed by atoms with Gasteiger partial charge in [-0.2, -0.15) is 0 Å². The predicted octanol–water partition coefficient (Wildman–Crippen LogP) is 5.77. The maximum absolute atomic E-state index is 12.2. The molecule has 0 heterocycles. The Hall–Kier alpha value is -0.280.